The highest BCUT2D eigenvalue weighted by molar-refractivity contribution is 5.81. The Morgan fingerprint density at radius 1 is 1.08 bits per heavy atom. The molecule has 1 N–H and O–H groups in total. The van der Waals surface area contributed by atoms with Gasteiger partial charge in [0.2, 0.25) is 5.91 Å². The lowest BCUT2D eigenvalue weighted by Crippen LogP contribution is -2.43. The number of likely N-dealkylation sites (N-methyl/N-ethyl adjacent to an activating group) is 1. The van der Waals surface area contributed by atoms with E-state index < -0.39 is 0 Å². The molecule has 0 aliphatic carbocycles. The third-order valence-electron chi connectivity index (χ3n) is 4.37. The van der Waals surface area contributed by atoms with Gasteiger partial charge in [-0.3, -0.25) is 9.69 Å². The van der Waals surface area contributed by atoms with E-state index in [0.717, 1.165) is 16.9 Å². The van der Waals surface area contributed by atoms with Gasteiger partial charge in [0.05, 0.1) is 18.7 Å². The van der Waals surface area contributed by atoms with Crippen LogP contribution >= 0.6 is 0 Å². The molecule has 0 aliphatic heterocycles. The number of nitrogens with zero attached hydrogens (tertiary/aromatic N) is 1. The van der Waals surface area contributed by atoms with Crippen LogP contribution in [0.3, 0.4) is 0 Å². The molecule has 0 spiro atoms. The van der Waals surface area contributed by atoms with Crippen molar-refractivity contribution >= 4 is 5.91 Å². The summed E-state index contributed by atoms with van der Waals surface area (Å²) < 4.78 is 5.46. The Hall–Kier alpha value is -2.33. The third kappa shape index (κ3) is 5.61. The zero-order chi connectivity index (χ0) is 18.2. The summed E-state index contributed by atoms with van der Waals surface area (Å²) in [5.41, 5.74) is 2.26. The van der Waals surface area contributed by atoms with Crippen molar-refractivity contribution in [2.45, 2.75) is 39.4 Å². The van der Waals surface area contributed by atoms with Crippen LogP contribution in [0.15, 0.2) is 54.6 Å². The van der Waals surface area contributed by atoms with Gasteiger partial charge in [-0.2, -0.15) is 0 Å². The lowest BCUT2D eigenvalue weighted by molar-refractivity contribution is -0.126. The number of carbonyl (C=O) groups excluding carboxylic acids is 1. The highest BCUT2D eigenvalue weighted by Crippen LogP contribution is 2.15. The number of carbonyl (C=O) groups is 1. The Morgan fingerprint density at radius 2 is 1.72 bits per heavy atom. The Kier molecular flexibility index (Phi) is 7.02. The molecule has 0 saturated heterocycles. The molecule has 2 aromatic rings. The van der Waals surface area contributed by atoms with E-state index in [1.54, 1.807) is 0 Å². The van der Waals surface area contributed by atoms with Gasteiger partial charge in [-0.05, 0) is 51.1 Å². The normalized spacial score (nSPS) is 13.3. The molecular formula is C21H28N2O2. The second-order valence-corrected chi connectivity index (χ2v) is 6.31. The summed E-state index contributed by atoms with van der Waals surface area (Å²) in [4.78, 5) is 14.6. The molecule has 0 fully saturated rings. The van der Waals surface area contributed by atoms with Crippen molar-refractivity contribution in [3.63, 3.8) is 0 Å². The molecule has 4 nitrogen and oxygen atoms in total. The van der Waals surface area contributed by atoms with Crippen LogP contribution in [-0.2, 0) is 11.3 Å². The van der Waals surface area contributed by atoms with Gasteiger partial charge in [0, 0.05) is 6.54 Å². The molecule has 4 heteroatoms. The van der Waals surface area contributed by atoms with Gasteiger partial charge in [-0.25, -0.2) is 0 Å². The fourth-order valence-electron chi connectivity index (χ4n) is 2.64. The molecule has 25 heavy (non-hydrogen) atoms. The first-order valence-electron chi connectivity index (χ1n) is 8.78. The molecule has 0 aromatic heterocycles. The van der Waals surface area contributed by atoms with Crippen molar-refractivity contribution in [3.8, 4) is 5.75 Å². The smallest absolute Gasteiger partial charge is 0.237 e. The molecular weight excluding hydrogens is 312 g/mol. The van der Waals surface area contributed by atoms with Gasteiger partial charge in [0.1, 0.15) is 5.75 Å². The van der Waals surface area contributed by atoms with E-state index in [2.05, 4.69) is 5.32 Å². The van der Waals surface area contributed by atoms with Crippen molar-refractivity contribution in [1.29, 1.82) is 0 Å². The minimum atomic E-state index is -0.210. The van der Waals surface area contributed by atoms with E-state index >= 15 is 0 Å². The van der Waals surface area contributed by atoms with Crippen LogP contribution in [0.2, 0.25) is 0 Å². The maximum atomic E-state index is 12.5. The number of ether oxygens (including phenoxy) is 1. The Labute approximate surface area is 150 Å². The Morgan fingerprint density at radius 3 is 2.32 bits per heavy atom. The molecule has 1 amide bonds. The fourth-order valence-corrected chi connectivity index (χ4v) is 2.64. The molecule has 0 heterocycles. The van der Waals surface area contributed by atoms with Crippen LogP contribution in [0, 0.1) is 0 Å². The van der Waals surface area contributed by atoms with Gasteiger partial charge in [-0.1, -0.05) is 42.5 Å². The van der Waals surface area contributed by atoms with Gasteiger partial charge in [0.25, 0.3) is 0 Å². The molecule has 2 aromatic carbocycles. The summed E-state index contributed by atoms with van der Waals surface area (Å²) in [5.74, 6) is 0.904. The van der Waals surface area contributed by atoms with Crippen molar-refractivity contribution in [1.82, 2.24) is 10.2 Å². The fraction of sp³-hybridized carbons (Fsp3) is 0.381. The number of benzene rings is 2. The average Bonchev–Trinajstić information content (AvgIpc) is 2.63. The second-order valence-electron chi connectivity index (χ2n) is 6.31. The quantitative estimate of drug-likeness (QED) is 0.795. The molecule has 2 rings (SSSR count). The first kappa shape index (κ1) is 19.0. The zero-order valence-electron chi connectivity index (χ0n) is 15.5. The largest absolute Gasteiger partial charge is 0.494 e. The van der Waals surface area contributed by atoms with Crippen molar-refractivity contribution in [3.05, 3.63) is 65.7 Å². The minimum Gasteiger partial charge on any atom is -0.494 e. The van der Waals surface area contributed by atoms with E-state index in [4.69, 9.17) is 4.74 Å². The van der Waals surface area contributed by atoms with Gasteiger partial charge >= 0.3 is 0 Å². The maximum Gasteiger partial charge on any atom is 0.237 e. The molecule has 2 unspecified atom stereocenters. The predicted octanol–water partition coefficient (Wildman–Crippen LogP) is 3.78. The summed E-state index contributed by atoms with van der Waals surface area (Å²) in [6, 6.07) is 17.8. The lowest BCUT2D eigenvalue weighted by atomic mass is 10.1. The third-order valence-corrected chi connectivity index (χ3v) is 4.37. The minimum absolute atomic E-state index is 0.00461. The van der Waals surface area contributed by atoms with Crippen LogP contribution in [0.1, 0.15) is 37.9 Å². The van der Waals surface area contributed by atoms with Crippen LogP contribution in [0.4, 0.5) is 0 Å². The monoisotopic (exact) mass is 340 g/mol. The number of hydrogen-bond acceptors (Lipinski definition) is 3. The van der Waals surface area contributed by atoms with Gasteiger partial charge in [-0.15, -0.1) is 0 Å². The predicted molar refractivity (Wildman–Crippen MR) is 102 cm³/mol. The summed E-state index contributed by atoms with van der Waals surface area (Å²) in [6.45, 7) is 7.28. The topological polar surface area (TPSA) is 41.6 Å². The second kappa shape index (κ2) is 9.23. The molecule has 0 bridgehead atoms. The van der Waals surface area contributed by atoms with E-state index in [9.17, 15) is 4.79 Å². The summed E-state index contributed by atoms with van der Waals surface area (Å²) in [6.07, 6.45) is 0. The molecule has 2 atom stereocenters. The number of hydrogen-bond donors (Lipinski definition) is 1. The van der Waals surface area contributed by atoms with Gasteiger partial charge in [0.15, 0.2) is 0 Å². The lowest BCUT2D eigenvalue weighted by Gasteiger charge is -2.26. The van der Waals surface area contributed by atoms with Crippen LogP contribution in [-0.4, -0.2) is 30.5 Å². The van der Waals surface area contributed by atoms with Crippen molar-refractivity contribution < 1.29 is 9.53 Å². The summed E-state index contributed by atoms with van der Waals surface area (Å²) in [5, 5.41) is 3.09. The first-order valence-corrected chi connectivity index (χ1v) is 8.78. The van der Waals surface area contributed by atoms with Crippen LogP contribution < -0.4 is 10.1 Å². The van der Waals surface area contributed by atoms with Crippen LogP contribution in [0.25, 0.3) is 0 Å². The van der Waals surface area contributed by atoms with E-state index in [0.29, 0.717) is 13.2 Å². The average molecular weight is 340 g/mol. The molecule has 0 radical (unpaired) electrons. The number of amides is 1. The molecule has 0 saturated carbocycles. The zero-order valence-corrected chi connectivity index (χ0v) is 15.5. The van der Waals surface area contributed by atoms with E-state index in [1.807, 2.05) is 87.3 Å². The van der Waals surface area contributed by atoms with Crippen molar-refractivity contribution in [2.75, 3.05) is 13.7 Å². The Bertz CT molecular complexity index is 655. The standard InChI is InChI=1S/C21H28N2O2/c1-5-25-20-13-11-18(12-14-20)15-23(4)17(3)21(24)22-16(2)19-9-7-6-8-10-19/h6-14,16-17H,5,15H2,1-4H3,(H,22,24). The SMILES string of the molecule is CCOc1ccc(CN(C)C(C)C(=O)NC(C)c2ccccc2)cc1. The first-order chi connectivity index (χ1) is 12.0. The highest BCUT2D eigenvalue weighted by atomic mass is 16.5. The van der Waals surface area contributed by atoms with Gasteiger partial charge < -0.3 is 10.1 Å². The number of nitrogens with one attached hydrogen (secondary N) is 1. The van der Waals surface area contributed by atoms with Crippen molar-refractivity contribution in [2.24, 2.45) is 0 Å². The summed E-state index contributed by atoms with van der Waals surface area (Å²) >= 11 is 0. The number of rotatable bonds is 8. The van der Waals surface area contributed by atoms with E-state index in [1.165, 1.54) is 0 Å². The molecule has 134 valence electrons. The maximum absolute atomic E-state index is 12.5. The molecule has 0 aliphatic rings. The summed E-state index contributed by atoms with van der Waals surface area (Å²) in [7, 11) is 1.97. The highest BCUT2D eigenvalue weighted by Gasteiger charge is 2.20. The Balaban J connectivity index is 1.89. The van der Waals surface area contributed by atoms with E-state index in [-0.39, 0.29) is 18.0 Å². The van der Waals surface area contributed by atoms with Crippen LogP contribution in [0.5, 0.6) is 5.75 Å².